The summed E-state index contributed by atoms with van der Waals surface area (Å²) in [6.07, 6.45) is 3.51. The van der Waals surface area contributed by atoms with Gasteiger partial charge in [-0.25, -0.2) is 4.39 Å². The number of amides is 1. The van der Waals surface area contributed by atoms with Gasteiger partial charge in [0.05, 0.1) is 5.69 Å². The lowest BCUT2D eigenvalue weighted by Crippen LogP contribution is -2.25. The fourth-order valence-corrected chi connectivity index (χ4v) is 2.87. The largest absolute Gasteiger partial charge is 0.482 e. The Balaban J connectivity index is 1.73. The second-order valence-corrected chi connectivity index (χ2v) is 5.94. The van der Waals surface area contributed by atoms with Crippen molar-refractivity contribution in [2.75, 3.05) is 16.8 Å². The number of halogens is 1. The molecule has 4 rings (SSSR count). The van der Waals surface area contributed by atoms with Gasteiger partial charge < -0.3 is 15.0 Å². The van der Waals surface area contributed by atoms with Crippen molar-refractivity contribution >= 4 is 23.0 Å². The van der Waals surface area contributed by atoms with Crippen LogP contribution in [-0.2, 0) is 11.3 Å². The zero-order valence-corrected chi connectivity index (χ0v) is 13.9. The Morgan fingerprint density at radius 3 is 2.69 bits per heavy atom. The van der Waals surface area contributed by atoms with Gasteiger partial charge in [-0.2, -0.15) is 0 Å². The maximum Gasteiger partial charge on any atom is 0.262 e. The minimum Gasteiger partial charge on any atom is -0.482 e. The van der Waals surface area contributed by atoms with Crippen molar-refractivity contribution < 1.29 is 13.9 Å². The number of fused-ring (bicyclic) bond motifs is 1. The summed E-state index contributed by atoms with van der Waals surface area (Å²) < 4.78 is 18.8. The molecule has 0 saturated carbocycles. The van der Waals surface area contributed by atoms with E-state index in [2.05, 4.69) is 10.3 Å². The number of benzene rings is 2. The van der Waals surface area contributed by atoms with Gasteiger partial charge >= 0.3 is 0 Å². The fourth-order valence-electron chi connectivity index (χ4n) is 2.87. The van der Waals surface area contributed by atoms with Crippen LogP contribution in [0, 0.1) is 5.82 Å². The molecule has 1 aliphatic heterocycles. The van der Waals surface area contributed by atoms with Crippen molar-refractivity contribution in [2.24, 2.45) is 0 Å². The number of ether oxygens (including phenoxy) is 1. The lowest BCUT2D eigenvalue weighted by molar-refractivity contribution is -0.118. The molecule has 2 heterocycles. The molecule has 5 nitrogen and oxygen atoms in total. The van der Waals surface area contributed by atoms with Crippen LogP contribution in [0.5, 0.6) is 5.75 Å². The Kier molecular flexibility index (Phi) is 4.23. The number of rotatable bonds is 4. The van der Waals surface area contributed by atoms with Gasteiger partial charge in [-0.15, -0.1) is 0 Å². The Morgan fingerprint density at radius 2 is 1.92 bits per heavy atom. The molecular formula is C20H16FN3O2. The van der Waals surface area contributed by atoms with Crippen molar-refractivity contribution in [3.8, 4) is 5.75 Å². The number of carbonyl (C=O) groups excluding carboxylic acids is 1. The predicted molar refractivity (Wildman–Crippen MR) is 97.0 cm³/mol. The first kappa shape index (κ1) is 16.1. The molecule has 26 heavy (non-hydrogen) atoms. The van der Waals surface area contributed by atoms with Crippen LogP contribution in [0.15, 0.2) is 67.0 Å². The minimum atomic E-state index is -0.291. The summed E-state index contributed by atoms with van der Waals surface area (Å²) in [7, 11) is 0. The first-order valence-electron chi connectivity index (χ1n) is 8.18. The van der Waals surface area contributed by atoms with Gasteiger partial charge in [-0.1, -0.05) is 6.07 Å². The van der Waals surface area contributed by atoms with Crippen LogP contribution in [0.4, 0.5) is 21.5 Å². The van der Waals surface area contributed by atoms with E-state index in [9.17, 15) is 9.18 Å². The van der Waals surface area contributed by atoms with E-state index in [0.29, 0.717) is 18.0 Å². The maximum atomic E-state index is 13.4. The SMILES string of the molecule is O=C1COc2ccc(N(Cc3cccnc3)c3ccc(F)cc3)cc2N1. The molecule has 1 aliphatic rings. The van der Waals surface area contributed by atoms with Crippen LogP contribution in [0.1, 0.15) is 5.56 Å². The van der Waals surface area contributed by atoms with Gasteiger partial charge in [-0.05, 0) is 54.1 Å². The normalized spacial score (nSPS) is 12.7. The summed E-state index contributed by atoms with van der Waals surface area (Å²) in [6, 6.07) is 15.7. The zero-order valence-electron chi connectivity index (χ0n) is 13.9. The Hall–Kier alpha value is -3.41. The van der Waals surface area contributed by atoms with Gasteiger partial charge in [0.1, 0.15) is 11.6 Å². The minimum absolute atomic E-state index is 0.0176. The van der Waals surface area contributed by atoms with Crippen LogP contribution >= 0.6 is 0 Å². The van der Waals surface area contributed by atoms with E-state index < -0.39 is 0 Å². The van der Waals surface area contributed by atoms with Gasteiger partial charge in [0.2, 0.25) is 0 Å². The van der Waals surface area contributed by atoms with Crippen molar-refractivity contribution in [2.45, 2.75) is 6.54 Å². The lowest BCUT2D eigenvalue weighted by atomic mass is 10.1. The second kappa shape index (κ2) is 6.84. The Labute approximate surface area is 150 Å². The molecule has 1 N–H and O–H groups in total. The van der Waals surface area contributed by atoms with E-state index >= 15 is 0 Å². The highest BCUT2D eigenvalue weighted by Crippen LogP contribution is 2.35. The van der Waals surface area contributed by atoms with E-state index in [1.165, 1.54) is 12.1 Å². The maximum absolute atomic E-state index is 13.4. The van der Waals surface area contributed by atoms with Crippen molar-refractivity contribution in [3.63, 3.8) is 0 Å². The average Bonchev–Trinajstić information content (AvgIpc) is 2.67. The molecule has 0 spiro atoms. The quantitative estimate of drug-likeness (QED) is 0.776. The number of anilines is 3. The van der Waals surface area contributed by atoms with E-state index in [1.807, 2.05) is 35.2 Å². The molecule has 0 saturated heterocycles. The van der Waals surface area contributed by atoms with Gasteiger partial charge in [0.15, 0.2) is 6.61 Å². The van der Waals surface area contributed by atoms with Crippen molar-refractivity contribution in [3.05, 3.63) is 78.4 Å². The molecule has 1 amide bonds. The molecule has 0 fully saturated rings. The molecule has 0 aliphatic carbocycles. The molecule has 3 aromatic rings. The summed E-state index contributed by atoms with van der Waals surface area (Å²) in [4.78, 5) is 17.8. The first-order valence-corrected chi connectivity index (χ1v) is 8.18. The zero-order chi connectivity index (χ0) is 17.9. The van der Waals surface area contributed by atoms with Gasteiger partial charge in [-0.3, -0.25) is 9.78 Å². The van der Waals surface area contributed by atoms with Crippen LogP contribution in [-0.4, -0.2) is 17.5 Å². The van der Waals surface area contributed by atoms with Crippen LogP contribution in [0.3, 0.4) is 0 Å². The second-order valence-electron chi connectivity index (χ2n) is 5.94. The van der Waals surface area contributed by atoms with Gasteiger partial charge in [0, 0.05) is 30.3 Å². The number of pyridine rings is 1. The van der Waals surface area contributed by atoms with E-state index in [-0.39, 0.29) is 18.3 Å². The molecule has 1 aromatic heterocycles. The van der Waals surface area contributed by atoms with E-state index in [0.717, 1.165) is 16.9 Å². The molecule has 0 unspecified atom stereocenters. The average molecular weight is 349 g/mol. The molecule has 2 aromatic carbocycles. The number of nitrogens with one attached hydrogen (secondary N) is 1. The summed E-state index contributed by atoms with van der Waals surface area (Å²) >= 11 is 0. The molecule has 6 heteroatoms. The highest BCUT2D eigenvalue weighted by atomic mass is 19.1. The standard InChI is InChI=1S/C20H16FN3O2/c21-15-3-5-16(6-4-15)24(12-14-2-1-9-22-11-14)17-7-8-19-18(10-17)23-20(25)13-26-19/h1-11H,12-13H2,(H,23,25). The van der Waals surface area contributed by atoms with E-state index in [1.54, 1.807) is 24.5 Å². The van der Waals surface area contributed by atoms with Crippen molar-refractivity contribution in [1.29, 1.82) is 0 Å². The predicted octanol–water partition coefficient (Wildman–Crippen LogP) is 3.89. The Morgan fingerprint density at radius 1 is 1.12 bits per heavy atom. The highest BCUT2D eigenvalue weighted by molar-refractivity contribution is 5.96. The molecule has 0 atom stereocenters. The topological polar surface area (TPSA) is 54.5 Å². The van der Waals surface area contributed by atoms with Crippen LogP contribution in [0.25, 0.3) is 0 Å². The smallest absolute Gasteiger partial charge is 0.262 e. The Bertz CT molecular complexity index is 930. The number of nitrogens with zero attached hydrogens (tertiary/aromatic N) is 2. The summed E-state index contributed by atoms with van der Waals surface area (Å²) in [5, 5.41) is 2.82. The molecular weight excluding hydrogens is 333 g/mol. The third-order valence-corrected chi connectivity index (χ3v) is 4.11. The third-order valence-electron chi connectivity index (χ3n) is 4.11. The number of hydrogen-bond donors (Lipinski definition) is 1. The number of carbonyl (C=O) groups is 1. The van der Waals surface area contributed by atoms with Gasteiger partial charge in [0.25, 0.3) is 5.91 Å². The lowest BCUT2D eigenvalue weighted by Gasteiger charge is -2.27. The number of aromatic nitrogens is 1. The first-order chi connectivity index (χ1) is 12.7. The van der Waals surface area contributed by atoms with Crippen molar-refractivity contribution in [1.82, 2.24) is 4.98 Å². The highest BCUT2D eigenvalue weighted by Gasteiger charge is 2.18. The monoisotopic (exact) mass is 349 g/mol. The summed E-state index contributed by atoms with van der Waals surface area (Å²) in [6.45, 7) is 0.566. The fraction of sp³-hybridized carbons (Fsp3) is 0.100. The van der Waals surface area contributed by atoms with Crippen LogP contribution < -0.4 is 15.0 Å². The van der Waals surface area contributed by atoms with E-state index in [4.69, 9.17) is 4.74 Å². The molecule has 130 valence electrons. The molecule has 0 radical (unpaired) electrons. The van der Waals surface area contributed by atoms with Crippen LogP contribution in [0.2, 0.25) is 0 Å². The summed E-state index contributed by atoms with van der Waals surface area (Å²) in [5.41, 5.74) is 3.31. The summed E-state index contributed by atoms with van der Waals surface area (Å²) in [5.74, 6) is 0.158. The number of hydrogen-bond acceptors (Lipinski definition) is 4. The molecule has 0 bridgehead atoms. The third kappa shape index (κ3) is 3.35.